The Morgan fingerprint density at radius 2 is 1.43 bits per heavy atom. The molecule has 1 amide bonds. The SMILES string of the molecule is C[C@]1(Cc2ccccc2)C(=O)O[C@H](c2ccccc2)N1C(=O)c1ccccc1. The van der Waals surface area contributed by atoms with Crippen LogP contribution >= 0.6 is 0 Å². The fraction of sp³-hybridized carbons (Fsp3) is 0.167. The topological polar surface area (TPSA) is 46.6 Å². The van der Waals surface area contributed by atoms with Crippen molar-refractivity contribution in [2.24, 2.45) is 0 Å². The minimum Gasteiger partial charge on any atom is -0.435 e. The second-order valence-corrected chi connectivity index (χ2v) is 7.15. The molecule has 0 saturated carbocycles. The molecule has 0 aromatic heterocycles. The van der Waals surface area contributed by atoms with Gasteiger partial charge in [0.05, 0.1) is 0 Å². The Morgan fingerprint density at radius 3 is 2.04 bits per heavy atom. The number of hydrogen-bond donors (Lipinski definition) is 0. The summed E-state index contributed by atoms with van der Waals surface area (Å²) in [4.78, 5) is 28.1. The zero-order chi connectivity index (χ0) is 19.6. The van der Waals surface area contributed by atoms with Gasteiger partial charge in [0.2, 0.25) is 6.23 Å². The van der Waals surface area contributed by atoms with Crippen molar-refractivity contribution in [2.75, 3.05) is 0 Å². The molecule has 28 heavy (non-hydrogen) atoms. The normalized spacial score (nSPS) is 21.4. The van der Waals surface area contributed by atoms with Gasteiger partial charge in [0.25, 0.3) is 5.91 Å². The van der Waals surface area contributed by atoms with Gasteiger partial charge in [-0.15, -0.1) is 0 Å². The summed E-state index contributed by atoms with van der Waals surface area (Å²) in [5, 5.41) is 0. The number of cyclic esters (lactones) is 1. The van der Waals surface area contributed by atoms with Gasteiger partial charge in [0.1, 0.15) is 5.54 Å². The van der Waals surface area contributed by atoms with Crippen LogP contribution in [0.1, 0.15) is 34.6 Å². The van der Waals surface area contributed by atoms with E-state index in [9.17, 15) is 9.59 Å². The van der Waals surface area contributed by atoms with E-state index in [4.69, 9.17) is 4.74 Å². The van der Waals surface area contributed by atoms with Gasteiger partial charge >= 0.3 is 5.97 Å². The van der Waals surface area contributed by atoms with Crippen LogP contribution in [0.5, 0.6) is 0 Å². The number of hydrogen-bond acceptors (Lipinski definition) is 3. The Hall–Kier alpha value is -3.40. The van der Waals surface area contributed by atoms with Crippen LogP contribution in [0.3, 0.4) is 0 Å². The van der Waals surface area contributed by atoms with Crippen LogP contribution < -0.4 is 0 Å². The molecule has 4 nitrogen and oxygen atoms in total. The number of carbonyl (C=O) groups excluding carboxylic acids is 2. The molecule has 0 bridgehead atoms. The van der Waals surface area contributed by atoms with E-state index in [1.54, 1.807) is 24.0 Å². The maximum Gasteiger partial charge on any atom is 0.334 e. The van der Waals surface area contributed by atoms with Crippen molar-refractivity contribution in [1.82, 2.24) is 4.90 Å². The van der Waals surface area contributed by atoms with Crippen LogP contribution in [-0.4, -0.2) is 22.3 Å². The van der Waals surface area contributed by atoms with Crippen LogP contribution in [0.2, 0.25) is 0 Å². The number of ether oxygens (including phenoxy) is 1. The number of rotatable bonds is 4. The molecule has 4 heteroatoms. The van der Waals surface area contributed by atoms with Crippen molar-refractivity contribution < 1.29 is 14.3 Å². The van der Waals surface area contributed by atoms with Crippen molar-refractivity contribution in [3.05, 3.63) is 108 Å². The van der Waals surface area contributed by atoms with Crippen LogP contribution in [0.15, 0.2) is 91.0 Å². The van der Waals surface area contributed by atoms with Gasteiger partial charge in [-0.1, -0.05) is 78.9 Å². The summed E-state index contributed by atoms with van der Waals surface area (Å²) in [6.45, 7) is 1.78. The molecule has 1 saturated heterocycles. The first-order valence-corrected chi connectivity index (χ1v) is 9.28. The molecule has 3 aromatic rings. The van der Waals surface area contributed by atoms with Crippen molar-refractivity contribution in [2.45, 2.75) is 25.1 Å². The van der Waals surface area contributed by atoms with Crippen molar-refractivity contribution in [3.8, 4) is 0 Å². The molecule has 1 fully saturated rings. The predicted octanol–water partition coefficient (Wildman–Crippen LogP) is 4.39. The molecular weight excluding hydrogens is 350 g/mol. The molecule has 1 heterocycles. The lowest BCUT2D eigenvalue weighted by molar-refractivity contribution is -0.145. The fourth-order valence-corrected chi connectivity index (χ4v) is 3.67. The van der Waals surface area contributed by atoms with E-state index in [0.717, 1.165) is 11.1 Å². The fourth-order valence-electron chi connectivity index (χ4n) is 3.67. The Kier molecular flexibility index (Phi) is 4.70. The molecule has 1 aliphatic heterocycles. The molecule has 4 rings (SSSR count). The molecule has 140 valence electrons. The third kappa shape index (κ3) is 3.18. The van der Waals surface area contributed by atoms with E-state index in [1.165, 1.54) is 0 Å². The number of amides is 1. The summed E-state index contributed by atoms with van der Waals surface area (Å²) in [6, 6.07) is 28.1. The lowest BCUT2D eigenvalue weighted by atomic mass is 9.90. The molecule has 0 spiro atoms. The van der Waals surface area contributed by atoms with Crippen LogP contribution in [0.4, 0.5) is 0 Å². The standard InChI is InChI=1S/C24H21NO3/c1-24(17-18-11-5-2-6-12-18)23(27)28-22(20-15-9-4-10-16-20)25(24)21(26)19-13-7-3-8-14-19/h2-16,22H,17H2,1H3/t22-,24+/m1/s1. The van der Waals surface area contributed by atoms with Gasteiger partial charge in [-0.25, -0.2) is 4.79 Å². The molecule has 0 N–H and O–H groups in total. The Morgan fingerprint density at radius 1 is 0.893 bits per heavy atom. The zero-order valence-electron chi connectivity index (χ0n) is 15.6. The highest BCUT2D eigenvalue weighted by Gasteiger charge is 2.55. The molecule has 1 aliphatic rings. The average Bonchev–Trinajstić information content (AvgIpc) is 3.00. The summed E-state index contributed by atoms with van der Waals surface area (Å²) in [6.07, 6.45) is -0.371. The van der Waals surface area contributed by atoms with Crippen LogP contribution in [0.25, 0.3) is 0 Å². The summed E-state index contributed by atoms with van der Waals surface area (Å²) < 4.78 is 5.76. The first kappa shape index (κ1) is 18.0. The van der Waals surface area contributed by atoms with Crippen molar-refractivity contribution >= 4 is 11.9 Å². The van der Waals surface area contributed by atoms with Gasteiger partial charge in [0.15, 0.2) is 0 Å². The summed E-state index contributed by atoms with van der Waals surface area (Å²) in [7, 11) is 0. The lowest BCUT2D eigenvalue weighted by Gasteiger charge is -2.34. The highest BCUT2D eigenvalue weighted by Crippen LogP contribution is 2.41. The van der Waals surface area contributed by atoms with Gasteiger partial charge in [-0.05, 0) is 24.6 Å². The maximum absolute atomic E-state index is 13.5. The first-order valence-electron chi connectivity index (χ1n) is 9.28. The van der Waals surface area contributed by atoms with E-state index in [0.29, 0.717) is 12.0 Å². The minimum absolute atomic E-state index is 0.223. The summed E-state index contributed by atoms with van der Waals surface area (Å²) in [5.74, 6) is -0.617. The van der Waals surface area contributed by atoms with E-state index in [-0.39, 0.29) is 5.91 Å². The predicted molar refractivity (Wildman–Crippen MR) is 106 cm³/mol. The number of benzene rings is 3. The number of esters is 1. The molecule has 2 atom stereocenters. The van der Waals surface area contributed by atoms with E-state index >= 15 is 0 Å². The Balaban J connectivity index is 1.79. The van der Waals surface area contributed by atoms with Gasteiger partial charge in [0, 0.05) is 17.5 Å². The monoisotopic (exact) mass is 371 g/mol. The zero-order valence-corrected chi connectivity index (χ0v) is 15.6. The first-order chi connectivity index (χ1) is 13.6. The van der Waals surface area contributed by atoms with Crippen LogP contribution in [0, 0.1) is 0 Å². The third-order valence-corrected chi connectivity index (χ3v) is 5.14. The van der Waals surface area contributed by atoms with Gasteiger partial charge in [-0.2, -0.15) is 0 Å². The highest BCUT2D eigenvalue weighted by molar-refractivity contribution is 6.00. The molecular formula is C24H21NO3. The van der Waals surface area contributed by atoms with E-state index in [2.05, 4.69) is 0 Å². The maximum atomic E-state index is 13.5. The van der Waals surface area contributed by atoms with Gasteiger partial charge in [-0.3, -0.25) is 9.69 Å². The second kappa shape index (κ2) is 7.31. The third-order valence-electron chi connectivity index (χ3n) is 5.14. The second-order valence-electron chi connectivity index (χ2n) is 7.15. The quantitative estimate of drug-likeness (QED) is 0.639. The smallest absolute Gasteiger partial charge is 0.334 e. The summed E-state index contributed by atoms with van der Waals surface area (Å²) >= 11 is 0. The molecule has 3 aromatic carbocycles. The Labute approximate surface area is 164 Å². The van der Waals surface area contributed by atoms with Crippen molar-refractivity contribution in [3.63, 3.8) is 0 Å². The van der Waals surface area contributed by atoms with Gasteiger partial charge < -0.3 is 4.74 Å². The van der Waals surface area contributed by atoms with E-state index in [1.807, 2.05) is 78.9 Å². The largest absolute Gasteiger partial charge is 0.435 e. The summed E-state index contributed by atoms with van der Waals surface area (Å²) in [5.41, 5.74) is 1.17. The van der Waals surface area contributed by atoms with E-state index < -0.39 is 17.7 Å². The molecule has 0 unspecified atom stereocenters. The number of carbonyl (C=O) groups is 2. The van der Waals surface area contributed by atoms with Crippen LogP contribution in [-0.2, 0) is 16.0 Å². The lowest BCUT2D eigenvalue weighted by Crippen LogP contribution is -2.51. The Bertz CT molecular complexity index is 973. The van der Waals surface area contributed by atoms with Crippen molar-refractivity contribution in [1.29, 1.82) is 0 Å². The molecule has 0 aliphatic carbocycles. The highest BCUT2D eigenvalue weighted by atomic mass is 16.6. The molecule has 0 radical (unpaired) electrons. The minimum atomic E-state index is -1.10. The average molecular weight is 371 g/mol. The number of nitrogens with zero attached hydrogens (tertiary/aromatic N) is 1.